The van der Waals surface area contributed by atoms with Crippen LogP contribution in [-0.2, 0) is 7.05 Å². The fourth-order valence-corrected chi connectivity index (χ4v) is 2.56. The summed E-state index contributed by atoms with van der Waals surface area (Å²) in [6, 6.07) is 7.59. The average Bonchev–Trinajstić information content (AvgIpc) is 2.99. The van der Waals surface area contributed by atoms with Crippen molar-refractivity contribution in [3.63, 3.8) is 0 Å². The SMILES string of the molecule is C[n+]1noc([O-])c1C(=O)CSc1nc2ccccc2[nH]1. The molecule has 2 heterocycles. The Morgan fingerprint density at radius 2 is 2.30 bits per heavy atom. The van der Waals surface area contributed by atoms with Crippen molar-refractivity contribution in [2.45, 2.75) is 5.16 Å². The number of aromatic amines is 1. The van der Waals surface area contributed by atoms with Crippen molar-refractivity contribution in [2.75, 3.05) is 5.75 Å². The van der Waals surface area contributed by atoms with Crippen LogP contribution < -0.4 is 9.79 Å². The van der Waals surface area contributed by atoms with Gasteiger partial charge in [0.25, 0.3) is 5.69 Å². The highest BCUT2D eigenvalue weighted by Gasteiger charge is 2.22. The van der Waals surface area contributed by atoms with Crippen molar-refractivity contribution in [3.8, 4) is 5.95 Å². The number of aryl methyl sites for hydroxylation is 1. The number of fused-ring (bicyclic) bond motifs is 1. The molecule has 0 atom stereocenters. The molecule has 0 aliphatic carbocycles. The standard InChI is InChI=1S/C12H10N4O3S/c1-16-10(11(18)19-15-16)9(17)6-20-12-13-7-4-2-3-5-8(7)14-12/h2-5H,6H2,1H3,(H-,13,14,15,17,18). The minimum absolute atomic E-state index is 0.0615. The first-order valence-corrected chi connectivity index (χ1v) is 6.77. The highest BCUT2D eigenvalue weighted by molar-refractivity contribution is 7.99. The summed E-state index contributed by atoms with van der Waals surface area (Å²) in [7, 11) is 1.49. The molecule has 3 rings (SSSR count). The van der Waals surface area contributed by atoms with E-state index < -0.39 is 5.95 Å². The second kappa shape index (κ2) is 4.97. The molecule has 1 N–H and O–H groups in total. The van der Waals surface area contributed by atoms with E-state index in [2.05, 4.69) is 19.8 Å². The quantitative estimate of drug-likeness (QED) is 0.425. The largest absolute Gasteiger partial charge is 0.539 e. The van der Waals surface area contributed by atoms with Gasteiger partial charge in [-0.25, -0.2) is 4.98 Å². The molecule has 0 unspecified atom stereocenters. The lowest BCUT2D eigenvalue weighted by Gasteiger charge is -1.95. The van der Waals surface area contributed by atoms with Gasteiger partial charge in [0.05, 0.1) is 22.1 Å². The molecule has 0 amide bonds. The third-order valence-electron chi connectivity index (χ3n) is 2.73. The molecule has 0 saturated carbocycles. The number of hydrogen-bond acceptors (Lipinski definition) is 6. The molecule has 0 radical (unpaired) electrons. The first kappa shape index (κ1) is 12.7. The average molecular weight is 290 g/mol. The molecule has 0 saturated heterocycles. The van der Waals surface area contributed by atoms with E-state index in [4.69, 9.17) is 0 Å². The van der Waals surface area contributed by atoms with Crippen molar-refractivity contribution in [1.29, 1.82) is 0 Å². The number of ketones is 1. The van der Waals surface area contributed by atoms with Gasteiger partial charge in [0.2, 0.25) is 5.78 Å². The van der Waals surface area contributed by atoms with Crippen molar-refractivity contribution >= 4 is 28.6 Å². The predicted octanol–water partition coefficient (Wildman–Crippen LogP) is 0.424. The van der Waals surface area contributed by atoms with E-state index in [1.54, 1.807) is 0 Å². The van der Waals surface area contributed by atoms with Gasteiger partial charge in [-0.1, -0.05) is 28.6 Å². The number of aromatic nitrogens is 4. The van der Waals surface area contributed by atoms with Gasteiger partial charge in [-0.3, -0.25) is 4.79 Å². The number of nitrogens with one attached hydrogen (secondary N) is 1. The molecule has 7 nitrogen and oxygen atoms in total. The Hall–Kier alpha value is -2.35. The zero-order chi connectivity index (χ0) is 14.1. The lowest BCUT2D eigenvalue weighted by molar-refractivity contribution is -0.741. The molecule has 0 spiro atoms. The summed E-state index contributed by atoms with van der Waals surface area (Å²) in [6.45, 7) is 0. The molecule has 0 fully saturated rings. The van der Waals surface area contributed by atoms with Crippen LogP contribution in [0.1, 0.15) is 10.5 Å². The summed E-state index contributed by atoms with van der Waals surface area (Å²) in [6.07, 6.45) is 0. The zero-order valence-corrected chi connectivity index (χ0v) is 11.3. The second-order valence-corrected chi connectivity index (χ2v) is 5.07. The van der Waals surface area contributed by atoms with Gasteiger partial charge >= 0.3 is 0 Å². The third kappa shape index (κ3) is 2.25. The van der Waals surface area contributed by atoms with E-state index in [0.717, 1.165) is 15.7 Å². The topological polar surface area (TPSA) is 98.7 Å². The van der Waals surface area contributed by atoms with E-state index in [1.807, 2.05) is 24.3 Å². The fraction of sp³-hybridized carbons (Fsp3) is 0.167. The summed E-state index contributed by atoms with van der Waals surface area (Å²) in [5, 5.41) is 15.4. The number of nitrogens with zero attached hydrogens (tertiary/aromatic N) is 3. The van der Waals surface area contributed by atoms with E-state index in [-0.39, 0.29) is 17.2 Å². The molecular weight excluding hydrogens is 280 g/mol. The van der Waals surface area contributed by atoms with Crippen molar-refractivity contribution in [3.05, 3.63) is 30.0 Å². The van der Waals surface area contributed by atoms with E-state index in [0.29, 0.717) is 5.16 Å². The number of hydrogen-bond donors (Lipinski definition) is 1. The Kier molecular flexibility index (Phi) is 3.15. The molecular formula is C12H10N4O3S. The molecule has 0 aliphatic rings. The molecule has 1 aromatic carbocycles. The number of carbonyl (C=O) groups is 1. The Morgan fingerprint density at radius 1 is 1.50 bits per heavy atom. The van der Waals surface area contributed by atoms with Crippen LogP contribution in [0.4, 0.5) is 0 Å². The van der Waals surface area contributed by atoms with Gasteiger partial charge < -0.3 is 14.6 Å². The van der Waals surface area contributed by atoms with Crippen molar-refractivity contribution in [2.24, 2.45) is 7.05 Å². The molecule has 20 heavy (non-hydrogen) atoms. The normalized spacial score (nSPS) is 11.1. The summed E-state index contributed by atoms with van der Waals surface area (Å²) in [4.78, 5) is 19.4. The van der Waals surface area contributed by atoms with Crippen LogP contribution in [0.2, 0.25) is 0 Å². The number of imidazole rings is 1. The molecule has 0 bridgehead atoms. The Balaban J connectivity index is 1.74. The minimum Gasteiger partial charge on any atom is -0.539 e. The van der Waals surface area contributed by atoms with Gasteiger partial charge in [0, 0.05) is 0 Å². The molecule has 8 heteroatoms. The highest BCUT2D eigenvalue weighted by atomic mass is 32.2. The number of carbonyl (C=O) groups excluding carboxylic acids is 1. The van der Waals surface area contributed by atoms with Crippen LogP contribution in [0.3, 0.4) is 0 Å². The van der Waals surface area contributed by atoms with Crippen LogP contribution >= 0.6 is 11.8 Å². The summed E-state index contributed by atoms with van der Waals surface area (Å²) in [5.74, 6) is -0.976. The third-order valence-corrected chi connectivity index (χ3v) is 3.61. The lowest BCUT2D eigenvalue weighted by atomic mass is 10.3. The van der Waals surface area contributed by atoms with Crippen LogP contribution in [0.15, 0.2) is 33.9 Å². The maximum Gasteiger partial charge on any atom is 0.300 e. The molecule has 0 aliphatic heterocycles. The van der Waals surface area contributed by atoms with Crippen LogP contribution in [0.5, 0.6) is 5.95 Å². The van der Waals surface area contributed by atoms with E-state index >= 15 is 0 Å². The van der Waals surface area contributed by atoms with E-state index in [1.165, 1.54) is 18.8 Å². The Bertz CT molecular complexity index is 727. The van der Waals surface area contributed by atoms with Gasteiger partial charge in [0.1, 0.15) is 0 Å². The predicted molar refractivity (Wildman–Crippen MR) is 68.3 cm³/mol. The number of rotatable bonds is 4. The van der Waals surface area contributed by atoms with E-state index in [9.17, 15) is 9.90 Å². The van der Waals surface area contributed by atoms with Gasteiger partial charge in [-0.15, -0.1) is 0 Å². The van der Waals surface area contributed by atoms with Crippen LogP contribution in [0, 0.1) is 0 Å². The minimum atomic E-state index is -0.720. The zero-order valence-electron chi connectivity index (χ0n) is 10.5. The molecule has 102 valence electrons. The molecule has 3 aromatic rings. The monoisotopic (exact) mass is 290 g/mol. The summed E-state index contributed by atoms with van der Waals surface area (Å²) < 4.78 is 5.56. The summed E-state index contributed by atoms with van der Waals surface area (Å²) >= 11 is 1.23. The second-order valence-electron chi connectivity index (χ2n) is 4.10. The Morgan fingerprint density at radius 3 is 3.00 bits per heavy atom. The summed E-state index contributed by atoms with van der Waals surface area (Å²) in [5.41, 5.74) is 1.68. The number of H-pyrrole nitrogens is 1. The maximum absolute atomic E-state index is 12.0. The van der Waals surface area contributed by atoms with Crippen LogP contribution in [0.25, 0.3) is 11.0 Å². The Labute approximate surface area is 117 Å². The number of benzene rings is 1. The van der Waals surface area contributed by atoms with Gasteiger partial charge in [-0.2, -0.15) is 0 Å². The smallest absolute Gasteiger partial charge is 0.300 e. The fourth-order valence-electron chi connectivity index (χ4n) is 1.81. The number of Topliss-reactive ketones (excluding diaryl/α,β-unsaturated/α-hetero) is 1. The maximum atomic E-state index is 12.0. The van der Waals surface area contributed by atoms with Gasteiger partial charge in [0.15, 0.2) is 18.2 Å². The highest BCUT2D eigenvalue weighted by Crippen LogP contribution is 2.20. The number of para-hydroxylation sites is 2. The first-order valence-electron chi connectivity index (χ1n) is 5.79. The first-order chi connectivity index (χ1) is 9.65. The number of thioether (sulfide) groups is 1. The molecule has 2 aromatic heterocycles. The van der Waals surface area contributed by atoms with Gasteiger partial charge in [-0.05, 0) is 12.1 Å². The van der Waals surface area contributed by atoms with Crippen molar-refractivity contribution in [1.82, 2.24) is 15.2 Å². The lowest BCUT2D eigenvalue weighted by Crippen LogP contribution is -2.37. The van der Waals surface area contributed by atoms with Crippen molar-refractivity contribution < 1.29 is 19.1 Å². The van der Waals surface area contributed by atoms with Crippen LogP contribution in [-0.4, -0.2) is 26.8 Å².